The van der Waals surface area contributed by atoms with Crippen LogP contribution in [0.25, 0.3) is 0 Å². The van der Waals surface area contributed by atoms with E-state index in [1.54, 1.807) is 37.4 Å². The second-order valence-electron chi connectivity index (χ2n) is 13.6. The summed E-state index contributed by atoms with van der Waals surface area (Å²) in [5.74, 6) is 0.713. The molecule has 0 radical (unpaired) electrons. The van der Waals surface area contributed by atoms with Gasteiger partial charge in [0.05, 0.1) is 12.7 Å². The number of aliphatic hydroxyl groups excluding tert-OH is 1. The monoisotopic (exact) mass is 608 g/mol. The van der Waals surface area contributed by atoms with Crippen molar-refractivity contribution in [2.75, 3.05) is 32.1 Å². The van der Waals surface area contributed by atoms with Crippen molar-refractivity contribution in [2.24, 2.45) is 23.2 Å². The number of nitrogens with one attached hydrogen (secondary N) is 1. The van der Waals surface area contributed by atoms with Crippen LogP contribution in [0.5, 0.6) is 5.75 Å². The van der Waals surface area contributed by atoms with Gasteiger partial charge in [-0.25, -0.2) is 4.39 Å². The molecule has 0 saturated heterocycles. The fourth-order valence-electron chi connectivity index (χ4n) is 8.69. The Morgan fingerprint density at radius 2 is 1.82 bits per heavy atom. The number of aliphatic hydroxyl groups is 1. The Morgan fingerprint density at radius 3 is 2.55 bits per heavy atom. The second kappa shape index (κ2) is 14.0. The van der Waals surface area contributed by atoms with Crippen LogP contribution in [0.15, 0.2) is 42.5 Å². The molecule has 0 bridgehead atoms. The van der Waals surface area contributed by atoms with Crippen molar-refractivity contribution in [2.45, 2.75) is 89.8 Å². The first-order chi connectivity index (χ1) is 21.1. The van der Waals surface area contributed by atoms with Crippen molar-refractivity contribution < 1.29 is 28.9 Å². The highest BCUT2D eigenvalue weighted by atomic mass is 19.1. The van der Waals surface area contributed by atoms with Crippen molar-refractivity contribution in [3.63, 3.8) is 0 Å². The molecule has 2 fully saturated rings. The number of unbranched alkanes of at least 4 members (excludes halogenated alkanes) is 3. The third kappa shape index (κ3) is 6.81. The molecule has 0 heterocycles. The Bertz CT molecular complexity index is 1300. The molecule has 2 amide bonds. The van der Waals surface area contributed by atoms with Gasteiger partial charge in [-0.3, -0.25) is 9.59 Å². The summed E-state index contributed by atoms with van der Waals surface area (Å²) in [4.78, 5) is 26.4. The van der Waals surface area contributed by atoms with E-state index in [1.165, 1.54) is 6.92 Å². The summed E-state index contributed by atoms with van der Waals surface area (Å²) in [6, 6.07) is 12.4. The minimum absolute atomic E-state index is 0.0496. The number of carbonyl (C=O) groups excluding carboxylic acids is 2. The van der Waals surface area contributed by atoms with Crippen LogP contribution < -0.4 is 5.32 Å². The molecule has 8 heteroatoms. The summed E-state index contributed by atoms with van der Waals surface area (Å²) in [6.45, 7) is 5.17. The van der Waals surface area contributed by atoms with Crippen LogP contribution in [-0.4, -0.2) is 66.0 Å². The predicted molar refractivity (Wildman–Crippen MR) is 169 cm³/mol. The summed E-state index contributed by atoms with van der Waals surface area (Å²) in [7, 11) is 1.63. The van der Waals surface area contributed by atoms with Gasteiger partial charge in [-0.1, -0.05) is 32.3 Å². The lowest BCUT2D eigenvalue weighted by Gasteiger charge is -2.54. The number of nitrogens with zero attached hydrogens (tertiary/aromatic N) is 1. The number of fused-ring (bicyclic) bond motifs is 5. The molecule has 5 rings (SSSR count). The zero-order chi connectivity index (χ0) is 31.4. The minimum atomic E-state index is -0.989. The molecule has 44 heavy (non-hydrogen) atoms. The molecular formula is C36H49FN2O5. The van der Waals surface area contributed by atoms with Crippen LogP contribution in [0, 0.1) is 23.2 Å². The number of halogens is 1. The molecule has 2 aromatic rings. The Balaban J connectivity index is 1.18. The highest BCUT2D eigenvalue weighted by molar-refractivity contribution is 5.95. The number of carbonyl (C=O) groups is 2. The number of phenols is 1. The van der Waals surface area contributed by atoms with Gasteiger partial charge in [0.2, 0.25) is 5.91 Å². The van der Waals surface area contributed by atoms with E-state index in [0.29, 0.717) is 49.2 Å². The number of benzene rings is 2. The van der Waals surface area contributed by atoms with Crippen molar-refractivity contribution >= 4 is 17.5 Å². The molecule has 3 aliphatic carbocycles. The highest BCUT2D eigenvalue weighted by Gasteiger charge is 2.59. The maximum atomic E-state index is 16.0. The first-order valence-electron chi connectivity index (χ1n) is 16.4. The molecule has 6 unspecified atom stereocenters. The number of aromatic hydroxyl groups is 1. The maximum absolute atomic E-state index is 16.0. The standard InChI is InChI=1S/C36H49FN2O5/c1-23(40)38-27-11-9-24(10-12-27)35(43)39(18-19-44-3)17-7-5-4-6-8-25-20-26-21-28(41)13-14-29(26)34-31(37)22-36(2)30(33(25)34)15-16-32(36)42/h9-14,21,25,30-34,41-42H,4-8,15-20,22H2,1-3H3,(H,38,40)/t25?,30?,31?,32?,33?,34?,36-/m0/s1. The fraction of sp³-hybridized carbons (Fsp3) is 0.611. The van der Waals surface area contributed by atoms with Crippen molar-refractivity contribution in [1.29, 1.82) is 0 Å². The molecule has 2 saturated carbocycles. The summed E-state index contributed by atoms with van der Waals surface area (Å²) in [6.07, 6.45) is 6.47. The van der Waals surface area contributed by atoms with Crippen LogP contribution >= 0.6 is 0 Å². The van der Waals surface area contributed by atoms with Crippen LogP contribution in [0.3, 0.4) is 0 Å². The zero-order valence-electron chi connectivity index (χ0n) is 26.4. The predicted octanol–water partition coefficient (Wildman–Crippen LogP) is 6.48. The van der Waals surface area contributed by atoms with E-state index in [9.17, 15) is 19.8 Å². The van der Waals surface area contributed by atoms with Crippen LogP contribution in [0.2, 0.25) is 0 Å². The normalized spacial score (nSPS) is 28.9. The van der Waals surface area contributed by atoms with Gasteiger partial charge in [-0.2, -0.15) is 0 Å². The minimum Gasteiger partial charge on any atom is -0.508 e. The van der Waals surface area contributed by atoms with Crippen molar-refractivity contribution in [1.82, 2.24) is 4.90 Å². The number of phenolic OH excluding ortho intramolecular Hbond substituents is 1. The van der Waals surface area contributed by atoms with E-state index < -0.39 is 12.3 Å². The zero-order valence-corrected chi connectivity index (χ0v) is 26.4. The van der Waals surface area contributed by atoms with E-state index in [0.717, 1.165) is 62.5 Å². The lowest BCUT2D eigenvalue weighted by atomic mass is 9.51. The second-order valence-corrected chi connectivity index (χ2v) is 13.6. The number of hydrogen-bond donors (Lipinski definition) is 3. The van der Waals surface area contributed by atoms with Gasteiger partial charge in [0.25, 0.3) is 5.91 Å². The Morgan fingerprint density at radius 1 is 1.07 bits per heavy atom. The number of alkyl halides is 1. The molecule has 7 atom stereocenters. The van der Waals surface area contributed by atoms with E-state index in [4.69, 9.17) is 4.74 Å². The molecule has 7 nitrogen and oxygen atoms in total. The molecule has 2 aromatic carbocycles. The number of anilines is 1. The van der Waals surface area contributed by atoms with Crippen LogP contribution in [0.1, 0.15) is 92.6 Å². The molecular weight excluding hydrogens is 559 g/mol. The van der Waals surface area contributed by atoms with E-state index in [-0.39, 0.29) is 34.8 Å². The first kappa shape index (κ1) is 32.4. The lowest BCUT2D eigenvalue weighted by molar-refractivity contribution is -0.114. The largest absolute Gasteiger partial charge is 0.508 e. The molecule has 0 aliphatic heterocycles. The Kier molecular flexibility index (Phi) is 10.3. The van der Waals surface area contributed by atoms with Crippen LogP contribution in [-0.2, 0) is 16.0 Å². The summed E-state index contributed by atoms with van der Waals surface area (Å²) in [5.41, 5.74) is 3.02. The molecule has 3 aliphatic rings. The van der Waals surface area contributed by atoms with Crippen LogP contribution in [0.4, 0.5) is 10.1 Å². The first-order valence-corrected chi connectivity index (χ1v) is 16.4. The number of methoxy groups -OCH3 is 1. The summed E-state index contributed by atoms with van der Waals surface area (Å²) < 4.78 is 21.3. The number of hydrogen-bond acceptors (Lipinski definition) is 5. The number of amides is 2. The average Bonchev–Trinajstić information content (AvgIpc) is 3.28. The molecule has 0 spiro atoms. The smallest absolute Gasteiger partial charge is 0.253 e. The van der Waals surface area contributed by atoms with E-state index >= 15 is 4.39 Å². The Hall–Kier alpha value is -2.97. The van der Waals surface area contributed by atoms with Gasteiger partial charge in [-0.15, -0.1) is 0 Å². The van der Waals surface area contributed by atoms with Gasteiger partial charge < -0.3 is 25.2 Å². The topological polar surface area (TPSA) is 99.1 Å². The Labute approximate surface area is 261 Å². The fourth-order valence-corrected chi connectivity index (χ4v) is 8.69. The SMILES string of the molecule is COCCN(CCCCCCC1Cc2cc(O)ccc2C2C(F)C[C@]3(C)C(O)CCC3C12)C(=O)c1ccc(NC(C)=O)cc1. The molecule has 240 valence electrons. The number of rotatable bonds is 12. The van der Waals surface area contributed by atoms with Crippen molar-refractivity contribution in [3.8, 4) is 5.75 Å². The third-order valence-electron chi connectivity index (χ3n) is 10.8. The summed E-state index contributed by atoms with van der Waals surface area (Å²) in [5, 5.41) is 23.8. The molecule has 3 N–H and O–H groups in total. The molecule has 0 aromatic heterocycles. The third-order valence-corrected chi connectivity index (χ3v) is 10.8. The quantitative estimate of drug-likeness (QED) is 0.240. The van der Waals surface area contributed by atoms with Gasteiger partial charge in [0.1, 0.15) is 11.9 Å². The summed E-state index contributed by atoms with van der Waals surface area (Å²) >= 11 is 0. The average molecular weight is 609 g/mol. The van der Waals surface area contributed by atoms with E-state index in [1.807, 2.05) is 17.0 Å². The van der Waals surface area contributed by atoms with Gasteiger partial charge in [-0.05, 0) is 109 Å². The maximum Gasteiger partial charge on any atom is 0.253 e. The van der Waals surface area contributed by atoms with E-state index in [2.05, 4.69) is 12.2 Å². The number of ether oxygens (including phenoxy) is 1. The van der Waals surface area contributed by atoms with Gasteiger partial charge in [0, 0.05) is 44.3 Å². The van der Waals surface area contributed by atoms with Crippen molar-refractivity contribution in [3.05, 3.63) is 59.2 Å². The van der Waals surface area contributed by atoms with Gasteiger partial charge >= 0.3 is 0 Å². The highest BCUT2D eigenvalue weighted by Crippen LogP contribution is 2.63. The lowest BCUT2D eigenvalue weighted by Crippen LogP contribution is -2.51. The van der Waals surface area contributed by atoms with Gasteiger partial charge in [0.15, 0.2) is 0 Å².